The third-order valence-electron chi connectivity index (χ3n) is 4.72. The van der Waals surface area contributed by atoms with E-state index in [-0.39, 0.29) is 0 Å². The van der Waals surface area contributed by atoms with Crippen molar-refractivity contribution < 1.29 is 4.79 Å². The summed E-state index contributed by atoms with van der Waals surface area (Å²) >= 11 is 0. The molecule has 2 aliphatic heterocycles. The Morgan fingerprint density at radius 1 is 1.24 bits per heavy atom. The lowest BCUT2D eigenvalue weighted by molar-refractivity contribution is -0.119. The van der Waals surface area contributed by atoms with Crippen molar-refractivity contribution in [3.8, 4) is 0 Å². The molecular weight excluding hydrogens is 262 g/mol. The van der Waals surface area contributed by atoms with Crippen molar-refractivity contribution in [2.45, 2.75) is 26.2 Å². The Bertz CT molecular complexity index is 523. The number of rotatable bonds is 2. The first-order valence-electron chi connectivity index (χ1n) is 7.98. The topological polar surface area (TPSA) is 35.6 Å². The van der Waals surface area contributed by atoms with Crippen molar-refractivity contribution in [2.24, 2.45) is 5.92 Å². The maximum atomic E-state index is 12.7. The van der Waals surface area contributed by atoms with E-state index in [1.54, 1.807) is 0 Å². The molecule has 4 heteroatoms. The average Bonchev–Trinajstić information content (AvgIpc) is 2.49. The van der Waals surface area contributed by atoms with E-state index in [0.717, 1.165) is 44.7 Å². The van der Waals surface area contributed by atoms with Crippen LogP contribution in [0, 0.1) is 12.8 Å². The van der Waals surface area contributed by atoms with Crippen molar-refractivity contribution in [1.82, 2.24) is 5.32 Å². The molecule has 4 nitrogen and oxygen atoms in total. The molecule has 1 N–H and O–H groups in total. The van der Waals surface area contributed by atoms with Gasteiger partial charge in [0.1, 0.15) is 0 Å². The quantitative estimate of drug-likeness (QED) is 0.905. The number of carbonyl (C=O) groups is 1. The van der Waals surface area contributed by atoms with Crippen LogP contribution < -0.4 is 15.1 Å². The highest BCUT2D eigenvalue weighted by Crippen LogP contribution is 2.34. The highest BCUT2D eigenvalue weighted by Gasteiger charge is 2.27. The zero-order valence-electron chi connectivity index (χ0n) is 13.1. The highest BCUT2D eigenvalue weighted by molar-refractivity contribution is 5.98. The number of nitrogens with zero attached hydrogens (tertiary/aromatic N) is 2. The van der Waals surface area contributed by atoms with Crippen LogP contribution in [0.5, 0.6) is 0 Å². The Balaban J connectivity index is 1.76. The molecule has 0 unspecified atom stereocenters. The van der Waals surface area contributed by atoms with E-state index in [2.05, 4.69) is 42.4 Å². The number of benzene rings is 1. The molecule has 114 valence electrons. The number of amides is 1. The second kappa shape index (κ2) is 6.06. The van der Waals surface area contributed by atoms with Gasteiger partial charge in [-0.15, -0.1) is 0 Å². The third-order valence-corrected chi connectivity index (χ3v) is 4.72. The summed E-state index contributed by atoms with van der Waals surface area (Å²) in [6.07, 6.45) is 2.94. The normalized spacial score (nSPS) is 19.5. The van der Waals surface area contributed by atoms with Gasteiger partial charge in [0.15, 0.2) is 0 Å². The van der Waals surface area contributed by atoms with Crippen LogP contribution in [0.1, 0.15) is 24.8 Å². The molecule has 0 radical (unpaired) electrons. The largest absolute Gasteiger partial charge is 0.371 e. The first kappa shape index (κ1) is 14.4. The minimum Gasteiger partial charge on any atom is -0.371 e. The molecule has 0 spiro atoms. The first-order valence-corrected chi connectivity index (χ1v) is 7.98. The molecule has 21 heavy (non-hydrogen) atoms. The Morgan fingerprint density at radius 2 is 2.00 bits per heavy atom. The van der Waals surface area contributed by atoms with Gasteiger partial charge in [-0.3, -0.25) is 4.79 Å². The number of carbonyl (C=O) groups excluding carboxylic acids is 1. The standard InChI is InChI=1S/C17H25N3O/c1-13-3-4-15-16(11-13)19(2)9-10-20(15)17(21)12-14-5-7-18-8-6-14/h3-4,11,14,18H,5-10,12H2,1-2H3. The Labute approximate surface area is 127 Å². The minimum absolute atomic E-state index is 0.292. The molecule has 0 aliphatic carbocycles. The van der Waals surface area contributed by atoms with Crippen molar-refractivity contribution in [3.63, 3.8) is 0 Å². The van der Waals surface area contributed by atoms with Crippen LogP contribution in [0.3, 0.4) is 0 Å². The number of aryl methyl sites for hydroxylation is 1. The number of hydrogen-bond acceptors (Lipinski definition) is 3. The van der Waals surface area contributed by atoms with Gasteiger partial charge in [-0.1, -0.05) is 6.07 Å². The van der Waals surface area contributed by atoms with Crippen LogP contribution in [0.4, 0.5) is 11.4 Å². The summed E-state index contributed by atoms with van der Waals surface area (Å²) in [5, 5.41) is 3.36. The van der Waals surface area contributed by atoms with Gasteiger partial charge in [-0.25, -0.2) is 0 Å². The van der Waals surface area contributed by atoms with E-state index in [0.29, 0.717) is 18.2 Å². The van der Waals surface area contributed by atoms with Crippen LogP contribution >= 0.6 is 0 Å². The fourth-order valence-electron chi connectivity index (χ4n) is 3.36. The lowest BCUT2D eigenvalue weighted by Crippen LogP contribution is -2.43. The second-order valence-corrected chi connectivity index (χ2v) is 6.36. The fourth-order valence-corrected chi connectivity index (χ4v) is 3.36. The predicted molar refractivity (Wildman–Crippen MR) is 87.0 cm³/mol. The van der Waals surface area contributed by atoms with E-state index in [1.807, 2.05) is 4.90 Å². The lowest BCUT2D eigenvalue weighted by atomic mass is 9.94. The summed E-state index contributed by atoms with van der Waals surface area (Å²) in [4.78, 5) is 17.0. The SMILES string of the molecule is Cc1ccc2c(c1)N(C)CCN2C(=O)CC1CCNCC1. The zero-order chi connectivity index (χ0) is 14.8. The lowest BCUT2D eigenvalue weighted by Gasteiger charge is -2.36. The molecule has 1 aromatic carbocycles. The molecule has 1 amide bonds. The highest BCUT2D eigenvalue weighted by atomic mass is 16.2. The second-order valence-electron chi connectivity index (χ2n) is 6.36. The van der Waals surface area contributed by atoms with Crippen LogP contribution in [-0.4, -0.2) is 39.1 Å². The average molecular weight is 287 g/mol. The van der Waals surface area contributed by atoms with Crippen molar-refractivity contribution in [3.05, 3.63) is 23.8 Å². The van der Waals surface area contributed by atoms with Gasteiger partial charge < -0.3 is 15.1 Å². The minimum atomic E-state index is 0.292. The maximum Gasteiger partial charge on any atom is 0.227 e. The van der Waals surface area contributed by atoms with E-state index in [4.69, 9.17) is 0 Å². The van der Waals surface area contributed by atoms with Crippen LogP contribution in [-0.2, 0) is 4.79 Å². The van der Waals surface area contributed by atoms with Gasteiger partial charge >= 0.3 is 0 Å². The molecule has 1 aromatic rings. The third kappa shape index (κ3) is 3.05. The smallest absolute Gasteiger partial charge is 0.227 e. The molecule has 0 aromatic heterocycles. The number of anilines is 2. The number of nitrogens with one attached hydrogen (secondary N) is 1. The van der Waals surface area contributed by atoms with Gasteiger partial charge in [0, 0.05) is 26.6 Å². The van der Waals surface area contributed by atoms with Gasteiger partial charge in [0.05, 0.1) is 11.4 Å². The monoisotopic (exact) mass is 287 g/mol. The number of piperidine rings is 1. The summed E-state index contributed by atoms with van der Waals surface area (Å²) in [6, 6.07) is 6.38. The molecule has 2 aliphatic rings. The van der Waals surface area contributed by atoms with E-state index < -0.39 is 0 Å². The Hall–Kier alpha value is -1.55. The van der Waals surface area contributed by atoms with Crippen molar-refractivity contribution >= 4 is 17.3 Å². The van der Waals surface area contributed by atoms with E-state index in [9.17, 15) is 4.79 Å². The fraction of sp³-hybridized carbons (Fsp3) is 0.588. The van der Waals surface area contributed by atoms with Crippen molar-refractivity contribution in [1.29, 1.82) is 0 Å². The molecule has 1 saturated heterocycles. The summed E-state index contributed by atoms with van der Waals surface area (Å²) in [6.45, 7) is 5.92. The first-order chi connectivity index (χ1) is 10.1. The number of likely N-dealkylation sites (N-methyl/N-ethyl adjacent to an activating group) is 1. The number of hydrogen-bond donors (Lipinski definition) is 1. The molecule has 3 rings (SSSR count). The molecule has 1 fully saturated rings. The maximum absolute atomic E-state index is 12.7. The Kier molecular flexibility index (Phi) is 4.15. The summed E-state index contributed by atoms with van der Waals surface area (Å²) in [7, 11) is 2.10. The molecule has 0 atom stereocenters. The van der Waals surface area contributed by atoms with E-state index >= 15 is 0 Å². The molecular formula is C17H25N3O. The Morgan fingerprint density at radius 3 is 2.76 bits per heavy atom. The van der Waals surface area contributed by atoms with E-state index in [1.165, 1.54) is 11.3 Å². The zero-order valence-corrected chi connectivity index (χ0v) is 13.1. The van der Waals surface area contributed by atoms with Gasteiger partial charge in [-0.05, 0) is 56.5 Å². The van der Waals surface area contributed by atoms with Gasteiger partial charge in [0.25, 0.3) is 0 Å². The van der Waals surface area contributed by atoms with Gasteiger partial charge in [0.2, 0.25) is 5.91 Å². The number of fused-ring (bicyclic) bond motifs is 1. The molecule has 0 bridgehead atoms. The summed E-state index contributed by atoms with van der Waals surface area (Å²) in [5.74, 6) is 0.840. The molecule has 0 saturated carbocycles. The van der Waals surface area contributed by atoms with Gasteiger partial charge in [-0.2, -0.15) is 0 Å². The molecule has 2 heterocycles. The van der Waals surface area contributed by atoms with Crippen molar-refractivity contribution in [2.75, 3.05) is 43.0 Å². The summed E-state index contributed by atoms with van der Waals surface area (Å²) in [5.41, 5.74) is 3.50. The summed E-state index contributed by atoms with van der Waals surface area (Å²) < 4.78 is 0. The van der Waals surface area contributed by atoms with Crippen LogP contribution in [0.25, 0.3) is 0 Å². The predicted octanol–water partition coefficient (Wildman–Crippen LogP) is 2.17. The van der Waals surface area contributed by atoms with Crippen LogP contribution in [0.2, 0.25) is 0 Å². The van der Waals surface area contributed by atoms with Crippen LogP contribution in [0.15, 0.2) is 18.2 Å².